The fourth-order valence-corrected chi connectivity index (χ4v) is 2.01. The van der Waals surface area contributed by atoms with Crippen LogP contribution in [0.3, 0.4) is 0 Å². The Balaban J connectivity index is 2.20. The second kappa shape index (κ2) is 4.89. The minimum absolute atomic E-state index is 0.181. The first-order valence-corrected chi connectivity index (χ1v) is 5.89. The van der Waals surface area contributed by atoms with E-state index >= 15 is 0 Å². The van der Waals surface area contributed by atoms with Gasteiger partial charge in [0.05, 0.1) is 0 Å². The Hall–Kier alpha value is -1.69. The zero-order valence-electron chi connectivity index (χ0n) is 8.86. The number of rotatable bonds is 4. The van der Waals surface area contributed by atoms with E-state index in [9.17, 15) is 4.79 Å². The van der Waals surface area contributed by atoms with Gasteiger partial charge in [-0.2, -0.15) is 0 Å². The van der Waals surface area contributed by atoms with E-state index < -0.39 is 0 Å². The fourth-order valence-electron chi connectivity index (χ4n) is 1.30. The van der Waals surface area contributed by atoms with Crippen molar-refractivity contribution in [3.63, 3.8) is 0 Å². The van der Waals surface area contributed by atoms with Crippen LogP contribution in [-0.2, 0) is 6.42 Å². The summed E-state index contributed by atoms with van der Waals surface area (Å²) in [5.41, 5.74) is 0.267. The van der Waals surface area contributed by atoms with Gasteiger partial charge in [-0.15, -0.1) is 21.5 Å². The molecular formula is C10H12N4OS. The molecule has 6 heteroatoms. The van der Waals surface area contributed by atoms with E-state index in [1.807, 2.05) is 24.4 Å². The third kappa shape index (κ3) is 2.46. The zero-order chi connectivity index (χ0) is 11.4. The third-order valence-corrected chi connectivity index (χ3v) is 2.91. The van der Waals surface area contributed by atoms with Crippen LogP contribution < -0.4 is 10.9 Å². The van der Waals surface area contributed by atoms with Crippen molar-refractivity contribution >= 4 is 17.3 Å². The molecule has 0 saturated heterocycles. The highest BCUT2D eigenvalue weighted by Crippen LogP contribution is 2.11. The molecule has 0 radical (unpaired) electrons. The smallest absolute Gasteiger partial charge is 0.274 e. The number of nitrogens with zero attached hydrogens (tertiary/aromatic N) is 2. The van der Waals surface area contributed by atoms with Crippen LogP contribution in [0.15, 0.2) is 22.3 Å². The van der Waals surface area contributed by atoms with Gasteiger partial charge in [0.1, 0.15) is 5.69 Å². The van der Waals surface area contributed by atoms with Crippen molar-refractivity contribution < 1.29 is 0 Å². The maximum atomic E-state index is 11.6. The van der Waals surface area contributed by atoms with Gasteiger partial charge >= 0.3 is 0 Å². The zero-order valence-corrected chi connectivity index (χ0v) is 9.67. The number of H-pyrrole nitrogens is 1. The summed E-state index contributed by atoms with van der Waals surface area (Å²) in [6, 6.07) is 3.93. The number of aromatic amines is 1. The Labute approximate surface area is 96.6 Å². The Kier molecular flexibility index (Phi) is 3.31. The average molecular weight is 236 g/mol. The minimum atomic E-state index is -0.181. The van der Waals surface area contributed by atoms with E-state index in [-0.39, 0.29) is 5.56 Å². The van der Waals surface area contributed by atoms with Gasteiger partial charge in [0.15, 0.2) is 0 Å². The second-order valence-corrected chi connectivity index (χ2v) is 4.27. The first-order chi connectivity index (χ1) is 7.79. The highest BCUT2D eigenvalue weighted by molar-refractivity contribution is 7.09. The molecule has 0 aromatic carbocycles. The third-order valence-electron chi connectivity index (χ3n) is 2.03. The lowest BCUT2D eigenvalue weighted by atomic mass is 10.3. The van der Waals surface area contributed by atoms with Crippen molar-refractivity contribution in [3.05, 3.63) is 38.4 Å². The van der Waals surface area contributed by atoms with Crippen LogP contribution in [-0.4, -0.2) is 21.7 Å². The van der Waals surface area contributed by atoms with Crippen molar-refractivity contribution in [3.8, 4) is 0 Å². The van der Waals surface area contributed by atoms with Crippen LogP contribution in [0.25, 0.3) is 0 Å². The standard InChI is InChI=1S/C10H12N4OS/c1-2-11-10-12-9(15)8(13-14-10)6-7-4-3-5-16-7/h3-5H,2,6H2,1H3,(H2,11,12,14,15). The number of aromatic nitrogens is 3. The minimum Gasteiger partial charge on any atom is -0.355 e. The van der Waals surface area contributed by atoms with Gasteiger partial charge in [-0.25, -0.2) is 0 Å². The highest BCUT2D eigenvalue weighted by atomic mass is 32.1. The highest BCUT2D eigenvalue weighted by Gasteiger charge is 2.05. The van der Waals surface area contributed by atoms with Gasteiger partial charge in [0.2, 0.25) is 5.95 Å². The van der Waals surface area contributed by atoms with E-state index in [4.69, 9.17) is 0 Å². The number of nitrogens with one attached hydrogen (secondary N) is 2. The molecule has 2 aromatic rings. The summed E-state index contributed by atoms with van der Waals surface area (Å²) in [6.07, 6.45) is 0.534. The predicted octanol–water partition coefficient (Wildman–Crippen LogP) is 1.25. The van der Waals surface area contributed by atoms with Gasteiger partial charge in [0.25, 0.3) is 5.56 Å². The average Bonchev–Trinajstić information content (AvgIpc) is 2.75. The molecular weight excluding hydrogens is 224 g/mol. The second-order valence-electron chi connectivity index (χ2n) is 3.24. The Bertz CT molecular complexity index is 506. The van der Waals surface area contributed by atoms with E-state index in [0.29, 0.717) is 24.6 Å². The molecule has 0 aliphatic carbocycles. The summed E-state index contributed by atoms with van der Waals surface area (Å²) in [5, 5.41) is 12.7. The Morgan fingerprint density at radius 3 is 3.00 bits per heavy atom. The lowest BCUT2D eigenvalue weighted by molar-refractivity contribution is 0.868. The lowest BCUT2D eigenvalue weighted by Gasteiger charge is -2.01. The Morgan fingerprint density at radius 2 is 2.38 bits per heavy atom. The van der Waals surface area contributed by atoms with Crippen LogP contribution in [0.4, 0.5) is 5.95 Å². The van der Waals surface area contributed by atoms with Crippen LogP contribution in [0.2, 0.25) is 0 Å². The van der Waals surface area contributed by atoms with Gasteiger partial charge in [-0.1, -0.05) is 6.07 Å². The molecule has 84 valence electrons. The number of hydrogen-bond donors (Lipinski definition) is 2. The molecule has 0 saturated carbocycles. The van der Waals surface area contributed by atoms with Crippen molar-refractivity contribution in [1.29, 1.82) is 0 Å². The summed E-state index contributed by atoms with van der Waals surface area (Å²) in [7, 11) is 0. The van der Waals surface area contributed by atoms with Gasteiger partial charge in [-0.05, 0) is 18.4 Å². The predicted molar refractivity (Wildman–Crippen MR) is 63.9 cm³/mol. The molecule has 2 heterocycles. The molecule has 0 unspecified atom stereocenters. The van der Waals surface area contributed by atoms with Crippen molar-refractivity contribution in [2.75, 3.05) is 11.9 Å². The number of anilines is 1. The van der Waals surface area contributed by atoms with Crippen LogP contribution >= 0.6 is 11.3 Å². The van der Waals surface area contributed by atoms with Crippen LogP contribution in [0.5, 0.6) is 0 Å². The lowest BCUT2D eigenvalue weighted by Crippen LogP contribution is -2.19. The molecule has 0 aliphatic rings. The topological polar surface area (TPSA) is 70.7 Å². The van der Waals surface area contributed by atoms with Gasteiger partial charge in [0, 0.05) is 17.8 Å². The van der Waals surface area contributed by atoms with Gasteiger partial charge < -0.3 is 5.32 Å². The first kappa shape index (κ1) is 10.8. The molecule has 5 nitrogen and oxygen atoms in total. The molecule has 0 aliphatic heterocycles. The molecule has 2 N–H and O–H groups in total. The van der Waals surface area contributed by atoms with Crippen LogP contribution in [0.1, 0.15) is 17.5 Å². The molecule has 2 aromatic heterocycles. The first-order valence-electron chi connectivity index (χ1n) is 5.01. The largest absolute Gasteiger partial charge is 0.355 e. The van der Waals surface area contributed by atoms with Crippen LogP contribution in [0, 0.1) is 0 Å². The maximum Gasteiger partial charge on any atom is 0.274 e. The number of thiophene rings is 1. The normalized spacial score (nSPS) is 10.3. The summed E-state index contributed by atoms with van der Waals surface area (Å²) < 4.78 is 0. The van der Waals surface area contributed by atoms with E-state index in [0.717, 1.165) is 4.88 Å². The molecule has 2 rings (SSSR count). The molecule has 0 atom stereocenters. The van der Waals surface area contributed by atoms with Crippen molar-refractivity contribution in [1.82, 2.24) is 15.2 Å². The molecule has 16 heavy (non-hydrogen) atoms. The summed E-state index contributed by atoms with van der Waals surface area (Å²) in [4.78, 5) is 15.4. The van der Waals surface area contributed by atoms with Gasteiger partial charge in [-0.3, -0.25) is 9.78 Å². The molecule has 0 bridgehead atoms. The molecule has 0 amide bonds. The summed E-state index contributed by atoms with van der Waals surface area (Å²) >= 11 is 1.60. The quantitative estimate of drug-likeness (QED) is 0.838. The van der Waals surface area contributed by atoms with Crippen molar-refractivity contribution in [2.45, 2.75) is 13.3 Å². The van der Waals surface area contributed by atoms with E-state index in [1.54, 1.807) is 11.3 Å². The number of hydrogen-bond acceptors (Lipinski definition) is 5. The molecule has 0 fully saturated rings. The monoisotopic (exact) mass is 236 g/mol. The molecule has 0 spiro atoms. The van der Waals surface area contributed by atoms with Crippen molar-refractivity contribution in [2.24, 2.45) is 0 Å². The SMILES string of the molecule is CCNc1nnc(Cc2cccs2)c(=O)[nH]1. The maximum absolute atomic E-state index is 11.6. The van der Waals surface area contributed by atoms with E-state index in [1.165, 1.54) is 0 Å². The summed E-state index contributed by atoms with van der Waals surface area (Å²) in [6.45, 7) is 2.63. The summed E-state index contributed by atoms with van der Waals surface area (Å²) in [5.74, 6) is 0.419. The fraction of sp³-hybridized carbons (Fsp3) is 0.300. The Morgan fingerprint density at radius 1 is 1.50 bits per heavy atom. The van der Waals surface area contributed by atoms with E-state index in [2.05, 4.69) is 20.5 Å².